The van der Waals surface area contributed by atoms with Crippen molar-refractivity contribution < 1.29 is 14.5 Å². The third-order valence-corrected chi connectivity index (χ3v) is 3.00. The second-order valence-corrected chi connectivity index (χ2v) is 4.66. The Bertz CT molecular complexity index is 792. The van der Waals surface area contributed by atoms with Crippen LogP contribution in [0.1, 0.15) is 5.56 Å². The zero-order valence-electron chi connectivity index (χ0n) is 12.4. The summed E-state index contributed by atoms with van der Waals surface area (Å²) < 4.78 is 10.5. The second kappa shape index (κ2) is 7.09. The van der Waals surface area contributed by atoms with Gasteiger partial charge < -0.3 is 14.8 Å². The van der Waals surface area contributed by atoms with Gasteiger partial charge in [-0.05, 0) is 35.9 Å². The molecule has 0 amide bonds. The maximum absolute atomic E-state index is 10.6. The Labute approximate surface area is 136 Å². The lowest BCUT2D eigenvalue weighted by Gasteiger charge is -2.05. The van der Waals surface area contributed by atoms with Crippen molar-refractivity contribution in [2.75, 3.05) is 12.1 Å². The van der Waals surface area contributed by atoms with Gasteiger partial charge in [-0.25, -0.2) is 15.5 Å². The molecule has 1 aliphatic heterocycles. The summed E-state index contributed by atoms with van der Waals surface area (Å²) in [6, 6.07) is 14.2. The van der Waals surface area contributed by atoms with Crippen molar-refractivity contribution in [3.8, 4) is 11.5 Å². The van der Waals surface area contributed by atoms with Gasteiger partial charge >= 0.3 is 0 Å². The third-order valence-electron chi connectivity index (χ3n) is 3.00. The highest BCUT2D eigenvalue weighted by Crippen LogP contribution is 2.31. The Morgan fingerprint density at radius 2 is 1.96 bits per heavy atom. The van der Waals surface area contributed by atoms with Crippen LogP contribution in [0, 0.1) is 10.1 Å². The highest BCUT2D eigenvalue weighted by molar-refractivity contribution is 5.93. The maximum atomic E-state index is 10.6. The van der Waals surface area contributed by atoms with E-state index < -0.39 is 5.03 Å². The fourth-order valence-electron chi connectivity index (χ4n) is 1.98. The SMILES string of the molecule is O=[N+]([O-])N=C(NN=Cc1ccc2c(c1)OCO2)Nc1ccccc1. The van der Waals surface area contributed by atoms with Crippen LogP contribution in [0.3, 0.4) is 0 Å². The van der Waals surface area contributed by atoms with Crippen molar-refractivity contribution in [3.63, 3.8) is 0 Å². The van der Waals surface area contributed by atoms with Crippen LogP contribution in [0.2, 0.25) is 0 Å². The van der Waals surface area contributed by atoms with Crippen molar-refractivity contribution in [2.24, 2.45) is 10.2 Å². The molecule has 0 spiro atoms. The Kier molecular flexibility index (Phi) is 4.52. The summed E-state index contributed by atoms with van der Waals surface area (Å²) in [7, 11) is 0. The zero-order valence-corrected chi connectivity index (χ0v) is 12.4. The molecule has 24 heavy (non-hydrogen) atoms. The van der Waals surface area contributed by atoms with E-state index in [0.29, 0.717) is 17.2 Å². The van der Waals surface area contributed by atoms with Crippen molar-refractivity contribution in [2.45, 2.75) is 0 Å². The van der Waals surface area contributed by atoms with Gasteiger partial charge in [0.05, 0.1) is 6.21 Å². The number of benzene rings is 2. The molecule has 2 aromatic rings. The van der Waals surface area contributed by atoms with Gasteiger partial charge in [0.15, 0.2) is 16.5 Å². The molecule has 0 aliphatic carbocycles. The molecule has 0 fully saturated rings. The highest BCUT2D eigenvalue weighted by atomic mass is 16.7. The van der Waals surface area contributed by atoms with Crippen LogP contribution in [-0.4, -0.2) is 24.0 Å². The van der Waals surface area contributed by atoms with E-state index in [-0.39, 0.29) is 12.8 Å². The summed E-state index contributed by atoms with van der Waals surface area (Å²) in [5.74, 6) is 1.19. The number of nitrogens with one attached hydrogen (secondary N) is 2. The van der Waals surface area contributed by atoms with E-state index in [9.17, 15) is 10.1 Å². The summed E-state index contributed by atoms with van der Waals surface area (Å²) in [5.41, 5.74) is 3.90. The van der Waals surface area contributed by atoms with Crippen LogP contribution in [0.15, 0.2) is 58.7 Å². The van der Waals surface area contributed by atoms with E-state index in [1.807, 2.05) is 6.07 Å². The molecule has 2 N–H and O–H groups in total. The standard InChI is InChI=1S/C15H13N5O4/c21-20(22)19-15(17-12-4-2-1-3-5-12)18-16-9-11-6-7-13-14(8-11)24-10-23-13/h1-9H,10H2,(H2,17,18,19). The van der Waals surface area contributed by atoms with E-state index in [0.717, 1.165) is 5.56 Å². The van der Waals surface area contributed by atoms with Gasteiger partial charge in [0, 0.05) is 5.69 Å². The van der Waals surface area contributed by atoms with Gasteiger partial charge in [0.25, 0.3) is 5.96 Å². The van der Waals surface area contributed by atoms with Crippen LogP contribution in [0.25, 0.3) is 0 Å². The summed E-state index contributed by atoms with van der Waals surface area (Å²) in [5, 5.41) is 19.7. The molecular weight excluding hydrogens is 314 g/mol. The van der Waals surface area contributed by atoms with Gasteiger partial charge in [-0.15, -0.1) is 0 Å². The monoisotopic (exact) mass is 327 g/mol. The highest BCUT2D eigenvalue weighted by Gasteiger charge is 2.12. The first-order valence-electron chi connectivity index (χ1n) is 6.94. The Hall–Kier alpha value is -3.62. The van der Waals surface area contributed by atoms with E-state index in [1.165, 1.54) is 6.21 Å². The van der Waals surface area contributed by atoms with Crippen LogP contribution < -0.4 is 20.2 Å². The first kappa shape index (κ1) is 15.3. The molecule has 9 heteroatoms. The molecule has 0 atom stereocenters. The number of para-hydroxylation sites is 1. The number of nitro groups is 1. The molecule has 0 bridgehead atoms. The normalized spacial score (nSPS) is 13.1. The van der Waals surface area contributed by atoms with Crippen LogP contribution in [-0.2, 0) is 0 Å². The predicted octanol–water partition coefficient (Wildman–Crippen LogP) is 2.00. The first-order valence-corrected chi connectivity index (χ1v) is 6.94. The molecule has 1 heterocycles. The number of hydrazone groups is 2. The molecule has 1 aliphatic rings. The minimum atomic E-state index is -0.811. The molecule has 9 nitrogen and oxygen atoms in total. The molecule has 0 radical (unpaired) electrons. The summed E-state index contributed by atoms with van der Waals surface area (Å²) in [6.45, 7) is 0.189. The minimum absolute atomic E-state index is 0.108. The summed E-state index contributed by atoms with van der Waals surface area (Å²) >= 11 is 0. The van der Waals surface area contributed by atoms with Crippen LogP contribution in [0.5, 0.6) is 11.5 Å². The molecule has 0 saturated carbocycles. The molecule has 3 rings (SSSR count). The van der Waals surface area contributed by atoms with Gasteiger partial charge in [-0.2, -0.15) is 5.10 Å². The lowest BCUT2D eigenvalue weighted by atomic mass is 10.2. The molecule has 0 unspecified atom stereocenters. The van der Waals surface area contributed by atoms with Crippen molar-refractivity contribution >= 4 is 17.9 Å². The maximum Gasteiger partial charge on any atom is 0.293 e. The number of guanidine groups is 1. The van der Waals surface area contributed by atoms with Crippen molar-refractivity contribution in [1.29, 1.82) is 0 Å². The smallest absolute Gasteiger partial charge is 0.293 e. The quantitative estimate of drug-likeness (QED) is 0.384. The van der Waals surface area contributed by atoms with Gasteiger partial charge in [-0.1, -0.05) is 18.2 Å². The number of hydrogen-bond acceptors (Lipinski definition) is 5. The van der Waals surface area contributed by atoms with E-state index in [2.05, 4.69) is 20.9 Å². The zero-order chi connectivity index (χ0) is 16.8. The number of rotatable bonds is 4. The minimum Gasteiger partial charge on any atom is -0.454 e. The fourth-order valence-corrected chi connectivity index (χ4v) is 1.98. The number of hydrogen-bond donors (Lipinski definition) is 2. The lowest BCUT2D eigenvalue weighted by molar-refractivity contribution is -0.485. The molecular formula is C15H13N5O4. The Morgan fingerprint density at radius 1 is 1.17 bits per heavy atom. The summed E-state index contributed by atoms with van der Waals surface area (Å²) in [6.07, 6.45) is 1.49. The van der Waals surface area contributed by atoms with Crippen molar-refractivity contribution in [1.82, 2.24) is 5.43 Å². The van der Waals surface area contributed by atoms with Crippen LogP contribution in [0.4, 0.5) is 5.69 Å². The predicted molar refractivity (Wildman–Crippen MR) is 87.8 cm³/mol. The first-order chi connectivity index (χ1) is 11.7. The van der Waals surface area contributed by atoms with E-state index in [1.54, 1.807) is 42.5 Å². The van der Waals surface area contributed by atoms with Crippen LogP contribution >= 0.6 is 0 Å². The average molecular weight is 327 g/mol. The molecule has 2 aromatic carbocycles. The molecule has 0 aromatic heterocycles. The topological polar surface area (TPSA) is 110 Å². The van der Waals surface area contributed by atoms with E-state index in [4.69, 9.17) is 9.47 Å². The number of anilines is 1. The second-order valence-electron chi connectivity index (χ2n) is 4.66. The fraction of sp³-hybridized carbons (Fsp3) is 0.0667. The third kappa shape index (κ3) is 3.97. The number of ether oxygens (including phenoxy) is 2. The number of fused-ring (bicyclic) bond motifs is 1. The molecule has 0 saturated heterocycles. The Morgan fingerprint density at radius 3 is 2.75 bits per heavy atom. The molecule has 122 valence electrons. The lowest BCUT2D eigenvalue weighted by Crippen LogP contribution is -2.27. The average Bonchev–Trinajstić information content (AvgIpc) is 3.03. The van der Waals surface area contributed by atoms with Gasteiger partial charge in [0.2, 0.25) is 6.79 Å². The Balaban J connectivity index is 1.68. The van der Waals surface area contributed by atoms with E-state index >= 15 is 0 Å². The van der Waals surface area contributed by atoms with Gasteiger partial charge in [-0.3, -0.25) is 0 Å². The van der Waals surface area contributed by atoms with Gasteiger partial charge in [0.1, 0.15) is 5.10 Å². The largest absolute Gasteiger partial charge is 0.454 e. The number of nitrogens with zero attached hydrogens (tertiary/aromatic N) is 3. The summed E-state index contributed by atoms with van der Waals surface area (Å²) in [4.78, 5) is 10.6. The van der Waals surface area contributed by atoms with Crippen molar-refractivity contribution in [3.05, 3.63) is 64.2 Å².